The molecular formula is C18H20N4O3. The molecule has 0 aliphatic heterocycles. The minimum atomic E-state index is -0.440. The van der Waals surface area contributed by atoms with Crippen LogP contribution < -0.4 is 10.9 Å². The first-order chi connectivity index (χ1) is 11.8. The predicted molar refractivity (Wildman–Crippen MR) is 94.8 cm³/mol. The van der Waals surface area contributed by atoms with Gasteiger partial charge in [0.25, 0.3) is 5.56 Å². The first-order valence-electron chi connectivity index (χ1n) is 7.99. The zero-order valence-electron chi connectivity index (χ0n) is 14.9. The fraction of sp³-hybridized carbons (Fsp3) is 0.333. The topological polar surface area (TPSA) is 90.0 Å². The Hall–Kier alpha value is -2.96. The van der Waals surface area contributed by atoms with Crippen molar-refractivity contribution in [2.75, 3.05) is 5.32 Å². The van der Waals surface area contributed by atoms with Crippen molar-refractivity contribution < 1.29 is 9.32 Å². The lowest BCUT2D eigenvalue weighted by atomic mass is 10.1. The minimum absolute atomic E-state index is 0.186. The van der Waals surface area contributed by atoms with Crippen LogP contribution in [0.25, 0.3) is 10.9 Å². The summed E-state index contributed by atoms with van der Waals surface area (Å²) >= 11 is 0. The van der Waals surface area contributed by atoms with Crippen molar-refractivity contribution in [1.82, 2.24) is 14.9 Å². The van der Waals surface area contributed by atoms with Gasteiger partial charge in [0.05, 0.1) is 11.1 Å². The summed E-state index contributed by atoms with van der Waals surface area (Å²) in [5.74, 6) is 0.225. The maximum absolute atomic E-state index is 12.5. The molecule has 0 aliphatic carbocycles. The number of carbonyl (C=O) groups is 1. The number of aryl methyl sites for hydroxylation is 5. The van der Waals surface area contributed by atoms with Gasteiger partial charge in [-0.25, -0.2) is 4.68 Å². The Bertz CT molecular complexity index is 1020. The van der Waals surface area contributed by atoms with Crippen LogP contribution in [-0.4, -0.2) is 20.8 Å². The van der Waals surface area contributed by atoms with Crippen LogP contribution in [0.15, 0.2) is 21.5 Å². The van der Waals surface area contributed by atoms with Gasteiger partial charge in [-0.2, -0.15) is 5.10 Å². The summed E-state index contributed by atoms with van der Waals surface area (Å²) in [6, 6.07) is 4.00. The minimum Gasteiger partial charge on any atom is -0.360 e. The molecule has 0 fully saturated rings. The Morgan fingerprint density at radius 1 is 1.16 bits per heavy atom. The molecule has 7 heteroatoms. The first-order valence-corrected chi connectivity index (χ1v) is 7.99. The number of fused-ring (bicyclic) bond motifs is 1. The van der Waals surface area contributed by atoms with E-state index in [2.05, 4.69) is 15.6 Å². The van der Waals surface area contributed by atoms with Crippen molar-refractivity contribution in [2.45, 2.75) is 41.2 Å². The number of hydrogen-bond donors (Lipinski definition) is 1. The Labute approximate surface area is 144 Å². The quantitative estimate of drug-likeness (QED) is 0.791. The molecule has 1 aromatic carbocycles. The standard InChI is InChI=1S/C18H20N4O3/c1-9-6-10(2)16(11(3)7-9)19-14(23)8-22-18(24)17-15(12(4)20-22)13(5)25-21-17/h6-7H,8H2,1-5H3,(H,19,23). The third-order valence-corrected chi connectivity index (χ3v) is 4.17. The van der Waals surface area contributed by atoms with Crippen LogP contribution in [-0.2, 0) is 11.3 Å². The van der Waals surface area contributed by atoms with Crippen LogP contribution in [0.2, 0.25) is 0 Å². The maximum atomic E-state index is 12.5. The fourth-order valence-electron chi connectivity index (χ4n) is 3.14. The highest BCUT2D eigenvalue weighted by Gasteiger charge is 2.17. The SMILES string of the molecule is Cc1cc(C)c(NC(=O)Cn2nc(C)c3c(C)onc3c2=O)c(C)c1. The normalized spacial score (nSPS) is 11.1. The van der Waals surface area contributed by atoms with Gasteiger partial charge in [0, 0.05) is 5.69 Å². The number of benzene rings is 1. The fourth-order valence-corrected chi connectivity index (χ4v) is 3.14. The lowest BCUT2D eigenvalue weighted by Gasteiger charge is -2.13. The molecule has 0 atom stereocenters. The molecule has 25 heavy (non-hydrogen) atoms. The molecule has 1 amide bonds. The van der Waals surface area contributed by atoms with Gasteiger partial charge in [0.15, 0.2) is 5.52 Å². The van der Waals surface area contributed by atoms with E-state index in [0.717, 1.165) is 27.1 Å². The molecule has 0 unspecified atom stereocenters. The summed E-state index contributed by atoms with van der Waals surface area (Å²) in [5, 5.41) is 11.5. The summed E-state index contributed by atoms with van der Waals surface area (Å²) in [6.45, 7) is 9.18. The number of nitrogens with one attached hydrogen (secondary N) is 1. The molecule has 0 radical (unpaired) electrons. The summed E-state index contributed by atoms with van der Waals surface area (Å²) < 4.78 is 6.19. The van der Waals surface area contributed by atoms with Crippen molar-refractivity contribution in [2.24, 2.45) is 0 Å². The van der Waals surface area contributed by atoms with Crippen LogP contribution in [0, 0.1) is 34.6 Å². The summed E-state index contributed by atoms with van der Waals surface area (Å²) in [5.41, 5.74) is 4.20. The van der Waals surface area contributed by atoms with Crippen molar-refractivity contribution in [3.8, 4) is 0 Å². The van der Waals surface area contributed by atoms with Gasteiger partial charge in [-0.15, -0.1) is 0 Å². The Balaban J connectivity index is 1.91. The molecular weight excluding hydrogens is 320 g/mol. The number of carbonyl (C=O) groups excluding carboxylic acids is 1. The number of aromatic nitrogens is 3. The van der Waals surface area contributed by atoms with Crippen molar-refractivity contribution in [3.05, 3.63) is 50.6 Å². The van der Waals surface area contributed by atoms with Crippen LogP contribution >= 0.6 is 0 Å². The highest BCUT2D eigenvalue weighted by molar-refractivity contribution is 5.92. The van der Waals surface area contributed by atoms with E-state index in [1.807, 2.05) is 32.9 Å². The highest BCUT2D eigenvalue weighted by atomic mass is 16.5. The molecule has 0 bridgehead atoms. The molecule has 130 valence electrons. The highest BCUT2D eigenvalue weighted by Crippen LogP contribution is 2.22. The molecule has 0 aliphatic rings. The van der Waals surface area contributed by atoms with Crippen LogP contribution in [0.3, 0.4) is 0 Å². The van der Waals surface area contributed by atoms with E-state index in [4.69, 9.17) is 4.52 Å². The maximum Gasteiger partial charge on any atom is 0.297 e. The second kappa shape index (κ2) is 6.16. The van der Waals surface area contributed by atoms with Gasteiger partial charge in [-0.3, -0.25) is 9.59 Å². The third-order valence-electron chi connectivity index (χ3n) is 4.17. The van der Waals surface area contributed by atoms with Gasteiger partial charge < -0.3 is 9.84 Å². The second-order valence-corrected chi connectivity index (χ2v) is 6.33. The van der Waals surface area contributed by atoms with E-state index >= 15 is 0 Å². The average molecular weight is 340 g/mol. The Kier molecular flexibility index (Phi) is 4.16. The molecule has 1 N–H and O–H groups in total. The second-order valence-electron chi connectivity index (χ2n) is 6.33. The zero-order valence-corrected chi connectivity index (χ0v) is 14.9. The predicted octanol–water partition coefficient (Wildman–Crippen LogP) is 2.57. The van der Waals surface area contributed by atoms with Gasteiger partial charge in [-0.1, -0.05) is 22.9 Å². The largest absolute Gasteiger partial charge is 0.360 e. The lowest BCUT2D eigenvalue weighted by Crippen LogP contribution is -2.30. The van der Waals surface area contributed by atoms with Gasteiger partial charge >= 0.3 is 0 Å². The lowest BCUT2D eigenvalue weighted by molar-refractivity contribution is -0.117. The smallest absolute Gasteiger partial charge is 0.297 e. The van der Waals surface area contributed by atoms with Crippen LogP contribution in [0.1, 0.15) is 28.1 Å². The molecule has 0 saturated heterocycles. The summed E-state index contributed by atoms with van der Waals surface area (Å²) in [7, 11) is 0. The van der Waals surface area contributed by atoms with Crippen molar-refractivity contribution in [3.63, 3.8) is 0 Å². The van der Waals surface area contributed by atoms with E-state index < -0.39 is 5.56 Å². The van der Waals surface area contributed by atoms with Gasteiger partial charge in [0.2, 0.25) is 5.91 Å². The molecule has 2 heterocycles. The zero-order chi connectivity index (χ0) is 18.3. The van der Waals surface area contributed by atoms with Crippen LogP contribution in [0.4, 0.5) is 5.69 Å². The number of amides is 1. The number of anilines is 1. The van der Waals surface area contributed by atoms with Crippen LogP contribution in [0.5, 0.6) is 0 Å². The average Bonchev–Trinajstić information content (AvgIpc) is 2.91. The Morgan fingerprint density at radius 3 is 2.44 bits per heavy atom. The van der Waals surface area contributed by atoms with E-state index in [1.165, 1.54) is 0 Å². The molecule has 3 aromatic rings. The molecule has 7 nitrogen and oxygen atoms in total. The van der Waals surface area contributed by atoms with Gasteiger partial charge in [0.1, 0.15) is 12.3 Å². The number of rotatable bonds is 3. The van der Waals surface area contributed by atoms with Crippen molar-refractivity contribution >= 4 is 22.5 Å². The first kappa shape index (κ1) is 16.9. The number of hydrogen-bond acceptors (Lipinski definition) is 5. The monoisotopic (exact) mass is 340 g/mol. The van der Waals surface area contributed by atoms with Crippen molar-refractivity contribution in [1.29, 1.82) is 0 Å². The van der Waals surface area contributed by atoms with E-state index in [9.17, 15) is 9.59 Å². The Morgan fingerprint density at radius 2 is 1.80 bits per heavy atom. The summed E-state index contributed by atoms with van der Waals surface area (Å²) in [4.78, 5) is 24.9. The van der Waals surface area contributed by atoms with E-state index in [0.29, 0.717) is 16.8 Å². The van der Waals surface area contributed by atoms with E-state index in [1.54, 1.807) is 13.8 Å². The molecule has 0 saturated carbocycles. The molecule has 2 aromatic heterocycles. The third kappa shape index (κ3) is 3.05. The molecule has 0 spiro atoms. The number of nitrogens with zero attached hydrogens (tertiary/aromatic N) is 3. The molecule has 3 rings (SSSR count). The van der Waals surface area contributed by atoms with E-state index in [-0.39, 0.29) is 18.0 Å². The van der Waals surface area contributed by atoms with Gasteiger partial charge in [-0.05, 0) is 45.7 Å². The summed E-state index contributed by atoms with van der Waals surface area (Å²) in [6.07, 6.45) is 0.